The Kier molecular flexibility index (Phi) is 5.48. The zero-order chi connectivity index (χ0) is 19.3. The van der Waals surface area contributed by atoms with Crippen LogP contribution in [-0.4, -0.2) is 0 Å². The number of ether oxygens (including phenoxy) is 2. The van der Waals surface area contributed by atoms with Crippen molar-refractivity contribution in [3.63, 3.8) is 0 Å². The lowest BCUT2D eigenvalue weighted by molar-refractivity contribution is 0.434. The predicted octanol–water partition coefficient (Wildman–Crippen LogP) is 7.07. The second kappa shape index (κ2) is 8.35. The van der Waals surface area contributed by atoms with E-state index in [1.807, 2.05) is 24.3 Å². The van der Waals surface area contributed by atoms with Crippen molar-refractivity contribution in [2.45, 2.75) is 26.7 Å². The molecule has 0 heterocycles. The molecule has 0 bridgehead atoms. The van der Waals surface area contributed by atoms with Crippen LogP contribution in [0.3, 0.4) is 0 Å². The van der Waals surface area contributed by atoms with Gasteiger partial charge < -0.3 is 9.47 Å². The summed E-state index contributed by atoms with van der Waals surface area (Å²) in [4.78, 5) is 0. The molecule has 0 spiro atoms. The van der Waals surface area contributed by atoms with Crippen molar-refractivity contribution in [1.82, 2.24) is 0 Å². The molecule has 0 saturated heterocycles. The van der Waals surface area contributed by atoms with Gasteiger partial charge in [0.05, 0.1) is 0 Å². The fourth-order valence-corrected chi connectivity index (χ4v) is 3.27. The molecule has 0 fully saturated rings. The van der Waals surface area contributed by atoms with Gasteiger partial charge in [-0.1, -0.05) is 50.3 Å². The van der Waals surface area contributed by atoms with Crippen molar-refractivity contribution in [3.05, 3.63) is 96.5 Å². The Morgan fingerprint density at radius 1 is 0.607 bits per heavy atom. The average molecular weight is 370 g/mol. The molecule has 4 rings (SSSR count). The maximum absolute atomic E-state index is 5.95. The zero-order valence-electron chi connectivity index (χ0n) is 16.5. The van der Waals surface area contributed by atoms with E-state index in [1.165, 1.54) is 0 Å². The highest BCUT2D eigenvalue weighted by Gasteiger charge is 2.07. The molecular formula is C26H26O2. The standard InChI is InChI=1S/C26H26O2/c1-19-3-11-23(12-4-19)27-25-15-7-21(8-16-25)22-9-17-26(18-10-22)28-24-13-5-20(2)6-14-24/h3,5,7-20H,4,6H2,1-2H3. The summed E-state index contributed by atoms with van der Waals surface area (Å²) in [7, 11) is 0. The first kappa shape index (κ1) is 18.4. The lowest BCUT2D eigenvalue weighted by Gasteiger charge is -2.14. The van der Waals surface area contributed by atoms with E-state index in [0.29, 0.717) is 11.8 Å². The molecule has 0 radical (unpaired) electrons. The van der Waals surface area contributed by atoms with Gasteiger partial charge in [0.25, 0.3) is 0 Å². The fourth-order valence-electron chi connectivity index (χ4n) is 3.27. The first-order chi connectivity index (χ1) is 13.7. The van der Waals surface area contributed by atoms with Crippen LogP contribution in [0.1, 0.15) is 26.7 Å². The van der Waals surface area contributed by atoms with Gasteiger partial charge in [0.2, 0.25) is 0 Å². The molecule has 2 unspecified atom stereocenters. The van der Waals surface area contributed by atoms with Crippen molar-refractivity contribution < 1.29 is 9.47 Å². The molecule has 2 aromatic rings. The third-order valence-electron chi connectivity index (χ3n) is 5.07. The second-order valence-electron chi connectivity index (χ2n) is 7.61. The summed E-state index contributed by atoms with van der Waals surface area (Å²) in [5.74, 6) is 4.76. The molecule has 0 N–H and O–H groups in total. The lowest BCUT2D eigenvalue weighted by atomic mass is 10.0. The molecule has 2 aliphatic rings. The van der Waals surface area contributed by atoms with E-state index >= 15 is 0 Å². The van der Waals surface area contributed by atoms with Crippen LogP contribution in [0.2, 0.25) is 0 Å². The highest BCUT2D eigenvalue weighted by Crippen LogP contribution is 2.27. The summed E-state index contributed by atoms with van der Waals surface area (Å²) in [6.45, 7) is 4.41. The normalized spacial score (nSPS) is 21.1. The number of hydrogen-bond donors (Lipinski definition) is 0. The molecule has 0 amide bonds. The van der Waals surface area contributed by atoms with Crippen LogP contribution < -0.4 is 9.47 Å². The zero-order valence-corrected chi connectivity index (χ0v) is 16.5. The molecular weight excluding hydrogens is 344 g/mol. The Balaban J connectivity index is 1.39. The lowest BCUT2D eigenvalue weighted by Crippen LogP contribution is -2.00. The molecule has 2 heteroatoms. The van der Waals surface area contributed by atoms with Crippen LogP contribution in [0.15, 0.2) is 96.5 Å². The summed E-state index contributed by atoms with van der Waals surface area (Å²) in [5.41, 5.74) is 2.32. The van der Waals surface area contributed by atoms with E-state index in [-0.39, 0.29) is 0 Å². The smallest absolute Gasteiger partial charge is 0.127 e. The summed E-state index contributed by atoms with van der Waals surface area (Å²) in [5, 5.41) is 0. The van der Waals surface area contributed by atoms with Crippen LogP contribution in [0.25, 0.3) is 11.1 Å². The van der Waals surface area contributed by atoms with Gasteiger partial charge in [0.1, 0.15) is 23.0 Å². The van der Waals surface area contributed by atoms with Crippen molar-refractivity contribution in [3.8, 4) is 22.6 Å². The second-order valence-corrected chi connectivity index (χ2v) is 7.61. The first-order valence-electron chi connectivity index (χ1n) is 9.98. The third-order valence-corrected chi connectivity index (χ3v) is 5.07. The molecule has 2 atom stereocenters. The van der Waals surface area contributed by atoms with Gasteiger partial charge in [-0.3, -0.25) is 0 Å². The van der Waals surface area contributed by atoms with Crippen LogP contribution >= 0.6 is 0 Å². The number of hydrogen-bond acceptors (Lipinski definition) is 2. The predicted molar refractivity (Wildman–Crippen MR) is 115 cm³/mol. The minimum absolute atomic E-state index is 0.593. The van der Waals surface area contributed by atoms with E-state index in [4.69, 9.17) is 9.47 Å². The SMILES string of the molecule is CC1C=CC(Oc2ccc(-c3ccc(OC4=CCC(C)C=C4)cc3)cc2)=CC1. The Hall–Kier alpha value is -3.00. The minimum Gasteiger partial charge on any atom is -0.458 e. The van der Waals surface area contributed by atoms with Crippen LogP contribution in [0, 0.1) is 11.8 Å². The topological polar surface area (TPSA) is 18.5 Å². The maximum Gasteiger partial charge on any atom is 0.127 e. The fraction of sp³-hybridized carbons (Fsp3) is 0.231. The van der Waals surface area contributed by atoms with Crippen molar-refractivity contribution >= 4 is 0 Å². The van der Waals surface area contributed by atoms with Gasteiger partial charge in [-0.2, -0.15) is 0 Å². The monoisotopic (exact) mass is 370 g/mol. The maximum atomic E-state index is 5.95. The van der Waals surface area contributed by atoms with E-state index in [1.54, 1.807) is 0 Å². The molecule has 142 valence electrons. The Labute approximate surface area is 167 Å². The first-order valence-corrected chi connectivity index (χ1v) is 9.98. The Morgan fingerprint density at radius 3 is 1.32 bits per heavy atom. The van der Waals surface area contributed by atoms with Gasteiger partial charge in [0, 0.05) is 0 Å². The summed E-state index contributed by atoms with van der Waals surface area (Å²) in [6.07, 6.45) is 14.8. The van der Waals surface area contributed by atoms with E-state index in [2.05, 4.69) is 74.6 Å². The number of allylic oxidation sites excluding steroid dienone is 6. The molecule has 2 nitrogen and oxygen atoms in total. The van der Waals surface area contributed by atoms with Gasteiger partial charge in [0.15, 0.2) is 0 Å². The Bertz CT molecular complexity index is 848. The highest BCUT2D eigenvalue weighted by atomic mass is 16.5. The molecule has 0 aromatic heterocycles. The largest absolute Gasteiger partial charge is 0.458 e. The van der Waals surface area contributed by atoms with Crippen molar-refractivity contribution in [1.29, 1.82) is 0 Å². The summed E-state index contributed by atoms with van der Waals surface area (Å²) in [6, 6.07) is 16.4. The summed E-state index contributed by atoms with van der Waals surface area (Å²) >= 11 is 0. The quantitative estimate of drug-likeness (QED) is 0.560. The molecule has 0 saturated carbocycles. The average Bonchev–Trinajstić information content (AvgIpc) is 2.73. The molecule has 2 aromatic carbocycles. The summed E-state index contributed by atoms with van der Waals surface area (Å²) < 4.78 is 11.9. The number of benzene rings is 2. The van der Waals surface area contributed by atoms with Crippen molar-refractivity contribution in [2.24, 2.45) is 11.8 Å². The van der Waals surface area contributed by atoms with Gasteiger partial charge >= 0.3 is 0 Å². The third kappa shape index (κ3) is 4.64. The Morgan fingerprint density at radius 2 is 1.00 bits per heavy atom. The van der Waals surface area contributed by atoms with Gasteiger partial charge in [-0.15, -0.1) is 0 Å². The minimum atomic E-state index is 0.593. The van der Waals surface area contributed by atoms with E-state index < -0.39 is 0 Å². The number of rotatable bonds is 5. The van der Waals surface area contributed by atoms with E-state index in [9.17, 15) is 0 Å². The van der Waals surface area contributed by atoms with Crippen LogP contribution in [-0.2, 0) is 0 Å². The van der Waals surface area contributed by atoms with Crippen LogP contribution in [0.5, 0.6) is 11.5 Å². The molecule has 28 heavy (non-hydrogen) atoms. The van der Waals surface area contributed by atoms with E-state index in [0.717, 1.165) is 47.0 Å². The molecule has 0 aliphatic heterocycles. The van der Waals surface area contributed by atoms with Gasteiger partial charge in [-0.25, -0.2) is 0 Å². The highest BCUT2D eigenvalue weighted by molar-refractivity contribution is 5.65. The van der Waals surface area contributed by atoms with Crippen LogP contribution in [0.4, 0.5) is 0 Å². The van der Waals surface area contributed by atoms with Crippen molar-refractivity contribution in [2.75, 3.05) is 0 Å². The van der Waals surface area contributed by atoms with Gasteiger partial charge in [-0.05, 0) is 84.4 Å². The molecule has 2 aliphatic carbocycles.